The van der Waals surface area contributed by atoms with Gasteiger partial charge in [-0.1, -0.05) is 72.8 Å². The van der Waals surface area contributed by atoms with Gasteiger partial charge in [-0.3, -0.25) is 4.90 Å². The summed E-state index contributed by atoms with van der Waals surface area (Å²) < 4.78 is 0. The second kappa shape index (κ2) is 7.39. The predicted octanol–water partition coefficient (Wildman–Crippen LogP) is 3.94. The van der Waals surface area contributed by atoms with Gasteiger partial charge < -0.3 is 5.11 Å². The Kier molecular flexibility index (Phi) is 5.04. The molecule has 2 nitrogen and oxygen atoms in total. The minimum absolute atomic E-state index is 0.296. The van der Waals surface area contributed by atoms with Crippen molar-refractivity contribution in [3.63, 3.8) is 0 Å². The van der Waals surface area contributed by atoms with Crippen LogP contribution in [0.25, 0.3) is 0 Å². The first-order chi connectivity index (χ1) is 10.8. The zero-order valence-electron chi connectivity index (χ0n) is 12.8. The molecule has 0 saturated carbocycles. The number of rotatable bonds is 5. The maximum atomic E-state index is 10.5. The molecule has 1 aliphatic rings. The van der Waals surface area contributed by atoms with Gasteiger partial charge in [0.1, 0.15) is 0 Å². The molecule has 3 rings (SSSR count). The van der Waals surface area contributed by atoms with Crippen LogP contribution in [0.3, 0.4) is 0 Å². The molecule has 22 heavy (non-hydrogen) atoms. The maximum Gasteiger partial charge on any atom is 0.0808 e. The lowest BCUT2D eigenvalue weighted by molar-refractivity contribution is 0.112. The fraction of sp³-hybridized carbons (Fsp3) is 0.300. The van der Waals surface area contributed by atoms with Gasteiger partial charge in [0, 0.05) is 19.1 Å². The number of aliphatic hydroxyl groups is 1. The van der Waals surface area contributed by atoms with Crippen molar-refractivity contribution in [2.24, 2.45) is 0 Å². The molecule has 0 saturated heterocycles. The molecule has 1 heterocycles. The SMILES string of the molecule is O[C@@H](C[C@H]1C=CCCN1Cc1ccccc1)c1ccccc1. The van der Waals surface area contributed by atoms with Crippen molar-refractivity contribution in [2.75, 3.05) is 6.54 Å². The number of hydrogen-bond donors (Lipinski definition) is 1. The van der Waals surface area contributed by atoms with Gasteiger partial charge in [0.15, 0.2) is 0 Å². The van der Waals surface area contributed by atoms with E-state index in [1.165, 1.54) is 5.56 Å². The monoisotopic (exact) mass is 293 g/mol. The normalized spacial score (nSPS) is 20.0. The average Bonchev–Trinajstić information content (AvgIpc) is 2.58. The van der Waals surface area contributed by atoms with Gasteiger partial charge in [-0.2, -0.15) is 0 Å². The van der Waals surface area contributed by atoms with E-state index in [2.05, 4.69) is 47.4 Å². The summed E-state index contributed by atoms with van der Waals surface area (Å²) >= 11 is 0. The summed E-state index contributed by atoms with van der Waals surface area (Å²) in [5, 5.41) is 10.5. The van der Waals surface area contributed by atoms with Crippen LogP contribution in [-0.4, -0.2) is 22.6 Å². The minimum Gasteiger partial charge on any atom is -0.388 e. The standard InChI is InChI=1S/C20H23NO/c22-20(18-11-5-2-6-12-18)15-19-13-7-8-14-21(19)16-17-9-3-1-4-10-17/h1-7,9-13,19-20,22H,8,14-16H2/t19-,20+/m1/s1. The van der Waals surface area contributed by atoms with E-state index < -0.39 is 6.10 Å². The van der Waals surface area contributed by atoms with Crippen LogP contribution < -0.4 is 0 Å². The van der Waals surface area contributed by atoms with E-state index in [0.29, 0.717) is 6.04 Å². The first kappa shape index (κ1) is 15.0. The molecule has 1 N–H and O–H groups in total. The highest BCUT2D eigenvalue weighted by molar-refractivity contribution is 5.19. The van der Waals surface area contributed by atoms with Crippen LogP contribution in [0.2, 0.25) is 0 Å². The summed E-state index contributed by atoms with van der Waals surface area (Å²) in [5.74, 6) is 0. The zero-order chi connectivity index (χ0) is 15.2. The van der Waals surface area contributed by atoms with Gasteiger partial charge in [-0.05, 0) is 24.0 Å². The van der Waals surface area contributed by atoms with Crippen LogP contribution in [-0.2, 0) is 6.54 Å². The van der Waals surface area contributed by atoms with Crippen LogP contribution in [0.4, 0.5) is 0 Å². The topological polar surface area (TPSA) is 23.5 Å². The third-order valence-electron chi connectivity index (χ3n) is 4.29. The molecule has 0 amide bonds. The fourth-order valence-corrected chi connectivity index (χ4v) is 3.06. The van der Waals surface area contributed by atoms with E-state index in [4.69, 9.17) is 0 Å². The molecule has 2 atom stereocenters. The van der Waals surface area contributed by atoms with Crippen molar-refractivity contribution in [2.45, 2.75) is 31.5 Å². The number of nitrogens with zero attached hydrogens (tertiary/aromatic N) is 1. The first-order valence-corrected chi connectivity index (χ1v) is 8.00. The van der Waals surface area contributed by atoms with Crippen LogP contribution in [0.1, 0.15) is 30.1 Å². The van der Waals surface area contributed by atoms with E-state index in [1.807, 2.05) is 30.3 Å². The average molecular weight is 293 g/mol. The Morgan fingerprint density at radius 3 is 2.41 bits per heavy atom. The van der Waals surface area contributed by atoms with Crippen molar-refractivity contribution in [1.82, 2.24) is 4.90 Å². The second-order valence-corrected chi connectivity index (χ2v) is 5.90. The highest BCUT2D eigenvalue weighted by atomic mass is 16.3. The molecule has 0 radical (unpaired) electrons. The smallest absolute Gasteiger partial charge is 0.0808 e. The number of benzene rings is 2. The van der Waals surface area contributed by atoms with Crippen molar-refractivity contribution in [3.05, 3.63) is 83.9 Å². The largest absolute Gasteiger partial charge is 0.388 e. The van der Waals surface area contributed by atoms with E-state index in [-0.39, 0.29) is 0 Å². The first-order valence-electron chi connectivity index (χ1n) is 8.00. The Morgan fingerprint density at radius 1 is 1.00 bits per heavy atom. The van der Waals surface area contributed by atoms with Crippen LogP contribution in [0.15, 0.2) is 72.8 Å². The van der Waals surface area contributed by atoms with E-state index >= 15 is 0 Å². The number of aliphatic hydroxyl groups excluding tert-OH is 1. The molecule has 1 aliphatic heterocycles. The predicted molar refractivity (Wildman–Crippen MR) is 90.4 cm³/mol. The summed E-state index contributed by atoms with van der Waals surface area (Å²) in [7, 11) is 0. The lowest BCUT2D eigenvalue weighted by atomic mass is 9.98. The van der Waals surface area contributed by atoms with Crippen molar-refractivity contribution in [1.29, 1.82) is 0 Å². The molecule has 2 heteroatoms. The quantitative estimate of drug-likeness (QED) is 0.844. The van der Waals surface area contributed by atoms with Crippen molar-refractivity contribution < 1.29 is 5.11 Å². The minimum atomic E-state index is -0.410. The van der Waals surface area contributed by atoms with Gasteiger partial charge in [0.25, 0.3) is 0 Å². The summed E-state index contributed by atoms with van der Waals surface area (Å²) in [6.07, 6.45) is 5.91. The molecule has 0 unspecified atom stereocenters. The third kappa shape index (κ3) is 3.85. The second-order valence-electron chi connectivity index (χ2n) is 5.90. The molecule has 0 spiro atoms. The Labute approximate surface area is 132 Å². The fourth-order valence-electron chi connectivity index (χ4n) is 3.06. The van der Waals surface area contributed by atoms with Gasteiger partial charge in [-0.15, -0.1) is 0 Å². The summed E-state index contributed by atoms with van der Waals surface area (Å²) in [6, 6.07) is 20.8. The summed E-state index contributed by atoms with van der Waals surface area (Å²) in [6.45, 7) is 1.99. The molecular weight excluding hydrogens is 270 g/mol. The molecule has 114 valence electrons. The molecule has 0 fully saturated rings. The summed E-state index contributed by atoms with van der Waals surface area (Å²) in [4.78, 5) is 2.46. The Morgan fingerprint density at radius 2 is 1.68 bits per heavy atom. The molecule has 2 aromatic carbocycles. The molecule has 0 bridgehead atoms. The van der Waals surface area contributed by atoms with E-state index in [0.717, 1.165) is 31.5 Å². The Balaban J connectivity index is 1.67. The highest BCUT2D eigenvalue weighted by Gasteiger charge is 2.22. The lowest BCUT2D eigenvalue weighted by Gasteiger charge is -2.33. The molecular formula is C20H23NO. The molecule has 2 aromatic rings. The molecule has 0 aliphatic carbocycles. The Bertz CT molecular complexity index is 594. The van der Waals surface area contributed by atoms with Gasteiger partial charge in [-0.25, -0.2) is 0 Å². The van der Waals surface area contributed by atoms with E-state index in [1.54, 1.807) is 0 Å². The highest BCUT2D eigenvalue weighted by Crippen LogP contribution is 2.24. The molecule has 0 aromatic heterocycles. The third-order valence-corrected chi connectivity index (χ3v) is 4.29. The zero-order valence-corrected chi connectivity index (χ0v) is 12.8. The van der Waals surface area contributed by atoms with Crippen LogP contribution >= 0.6 is 0 Å². The lowest BCUT2D eigenvalue weighted by Crippen LogP contribution is -2.37. The summed E-state index contributed by atoms with van der Waals surface area (Å²) in [5.41, 5.74) is 2.33. The maximum absolute atomic E-state index is 10.5. The van der Waals surface area contributed by atoms with Gasteiger partial charge in [0.05, 0.1) is 6.10 Å². The van der Waals surface area contributed by atoms with Crippen LogP contribution in [0, 0.1) is 0 Å². The Hall–Kier alpha value is -1.90. The van der Waals surface area contributed by atoms with Crippen molar-refractivity contribution >= 4 is 0 Å². The van der Waals surface area contributed by atoms with E-state index in [9.17, 15) is 5.11 Å². The van der Waals surface area contributed by atoms with Crippen molar-refractivity contribution in [3.8, 4) is 0 Å². The van der Waals surface area contributed by atoms with Gasteiger partial charge >= 0.3 is 0 Å². The number of hydrogen-bond acceptors (Lipinski definition) is 2. The van der Waals surface area contributed by atoms with Gasteiger partial charge in [0.2, 0.25) is 0 Å². The van der Waals surface area contributed by atoms with Crippen LogP contribution in [0.5, 0.6) is 0 Å².